The van der Waals surface area contributed by atoms with E-state index in [1.807, 2.05) is 6.92 Å². The number of phenolic OH excluding ortho intramolecular Hbond substituents is 1. The zero-order valence-electron chi connectivity index (χ0n) is 6.65. The third-order valence-corrected chi connectivity index (χ3v) is 2.13. The first-order valence-electron chi connectivity index (χ1n) is 3.50. The molecule has 0 radical (unpaired) electrons. The second kappa shape index (κ2) is 3.58. The topological polar surface area (TPSA) is 54.4 Å². The van der Waals surface area contributed by atoms with E-state index >= 15 is 0 Å². The Morgan fingerprint density at radius 3 is 2.67 bits per heavy atom. The molecule has 0 saturated heterocycles. The maximum Gasteiger partial charge on any atom is 0.144 e. The van der Waals surface area contributed by atoms with Gasteiger partial charge in [-0.15, -0.1) is 0 Å². The van der Waals surface area contributed by atoms with Gasteiger partial charge in [0.2, 0.25) is 0 Å². The minimum atomic E-state index is -2.47. The zero-order chi connectivity index (χ0) is 9.14. The van der Waals surface area contributed by atoms with Crippen LogP contribution < -0.4 is 0 Å². The third-order valence-electron chi connectivity index (χ3n) is 1.53. The lowest BCUT2D eigenvalue weighted by atomic mass is 10.1. The van der Waals surface area contributed by atoms with Crippen molar-refractivity contribution >= 4 is 10.7 Å². The van der Waals surface area contributed by atoms with Crippen molar-refractivity contribution in [1.82, 2.24) is 0 Å². The predicted octanol–water partition coefficient (Wildman–Crippen LogP) is 0.812. The summed E-state index contributed by atoms with van der Waals surface area (Å²) in [4.78, 5) is 0. The van der Waals surface area contributed by atoms with Gasteiger partial charge in [0.1, 0.15) is 16.5 Å². The summed E-state index contributed by atoms with van der Waals surface area (Å²) in [6, 6.07) is 4.90. The van der Waals surface area contributed by atoms with Gasteiger partial charge in [-0.3, -0.25) is 0 Å². The fraction of sp³-hybridized carbons (Fsp3) is 0.250. The molecule has 66 valence electrons. The Labute approximate surface area is 72.6 Å². The second-order valence-corrected chi connectivity index (χ2v) is 3.60. The molecule has 0 atom stereocenters. The highest BCUT2D eigenvalue weighted by Crippen LogP contribution is 2.18. The molecule has 1 rings (SSSR count). The summed E-state index contributed by atoms with van der Waals surface area (Å²) >= 11 is 0. The molecule has 0 amide bonds. The van der Waals surface area contributed by atoms with Gasteiger partial charge >= 0.3 is 0 Å². The molecule has 4 heteroatoms. The fourth-order valence-electron chi connectivity index (χ4n) is 0.980. The monoisotopic (exact) mass is 186 g/mol. The summed E-state index contributed by atoms with van der Waals surface area (Å²) in [6.45, 7) is 1.85. The molecule has 0 bridgehead atoms. The number of rotatable bonds is 2. The van der Waals surface area contributed by atoms with Crippen molar-refractivity contribution < 1.29 is 13.5 Å². The van der Waals surface area contributed by atoms with Crippen molar-refractivity contribution in [2.24, 2.45) is 0 Å². The number of phenols is 1. The molecule has 0 spiro atoms. The van der Waals surface area contributed by atoms with Crippen LogP contribution >= 0.6 is 0 Å². The van der Waals surface area contributed by atoms with E-state index in [1.165, 1.54) is 6.07 Å². The fourth-order valence-corrected chi connectivity index (χ4v) is 1.51. The molecule has 0 fully saturated rings. The highest BCUT2D eigenvalue weighted by Gasteiger charge is 2.01. The van der Waals surface area contributed by atoms with Crippen LogP contribution in [0.2, 0.25) is 0 Å². The molecule has 0 saturated carbocycles. The molecule has 1 aromatic carbocycles. The largest absolute Gasteiger partial charge is 0.508 e. The van der Waals surface area contributed by atoms with E-state index in [0.717, 1.165) is 5.56 Å². The Morgan fingerprint density at radius 2 is 2.08 bits per heavy atom. The molecular formula is C8H10O3S. The first kappa shape index (κ1) is 9.06. The summed E-state index contributed by atoms with van der Waals surface area (Å²) < 4.78 is 20.7. The van der Waals surface area contributed by atoms with Crippen LogP contribution in [0.1, 0.15) is 11.1 Å². The smallest absolute Gasteiger partial charge is 0.144 e. The molecule has 3 nitrogen and oxygen atoms in total. The Morgan fingerprint density at radius 1 is 1.42 bits per heavy atom. The number of benzene rings is 1. The number of thiol groups is 1. The van der Waals surface area contributed by atoms with Crippen molar-refractivity contribution in [2.75, 3.05) is 0 Å². The summed E-state index contributed by atoms with van der Waals surface area (Å²) in [5.74, 6) is -0.0529. The van der Waals surface area contributed by atoms with Gasteiger partial charge in [-0.25, -0.2) is 8.42 Å². The quantitative estimate of drug-likeness (QED) is 0.672. The maximum absolute atomic E-state index is 10.4. The summed E-state index contributed by atoms with van der Waals surface area (Å²) in [6.07, 6.45) is 0. The van der Waals surface area contributed by atoms with Gasteiger partial charge in [0, 0.05) is 5.56 Å². The highest BCUT2D eigenvalue weighted by atomic mass is 32.2. The van der Waals surface area contributed by atoms with Crippen molar-refractivity contribution in [2.45, 2.75) is 12.7 Å². The zero-order valence-corrected chi connectivity index (χ0v) is 7.54. The molecule has 0 aliphatic heterocycles. The van der Waals surface area contributed by atoms with Crippen LogP contribution in [0.4, 0.5) is 0 Å². The first-order valence-corrected chi connectivity index (χ1v) is 4.86. The Kier molecular flexibility index (Phi) is 2.70. The van der Waals surface area contributed by atoms with Crippen LogP contribution in [0.15, 0.2) is 18.2 Å². The lowest BCUT2D eigenvalue weighted by Crippen LogP contribution is -1.88. The standard InChI is InChI=1S/C8H10O3S/c1-6-2-3-8(9)7(4-6)5-12(10)11/h2-4,9,12H,5H2,1H3. The summed E-state index contributed by atoms with van der Waals surface area (Å²) in [5.41, 5.74) is 1.41. The molecule has 0 unspecified atom stereocenters. The third kappa shape index (κ3) is 2.23. The number of aromatic hydroxyl groups is 1. The van der Waals surface area contributed by atoms with Gasteiger partial charge in [0.15, 0.2) is 0 Å². The van der Waals surface area contributed by atoms with Crippen LogP contribution in [-0.2, 0) is 16.5 Å². The summed E-state index contributed by atoms with van der Waals surface area (Å²) in [5, 5.41) is 9.22. The van der Waals surface area contributed by atoms with E-state index < -0.39 is 10.7 Å². The Hall–Kier alpha value is -1.03. The van der Waals surface area contributed by atoms with Crippen LogP contribution in [0.3, 0.4) is 0 Å². The van der Waals surface area contributed by atoms with Gasteiger partial charge < -0.3 is 5.11 Å². The van der Waals surface area contributed by atoms with Gasteiger partial charge in [-0.2, -0.15) is 0 Å². The van der Waals surface area contributed by atoms with E-state index in [2.05, 4.69) is 0 Å². The first-order chi connectivity index (χ1) is 5.59. The average Bonchev–Trinajstić information content (AvgIpc) is 1.96. The summed E-state index contributed by atoms with van der Waals surface area (Å²) in [7, 11) is -2.47. The van der Waals surface area contributed by atoms with Crippen LogP contribution in [-0.4, -0.2) is 13.5 Å². The molecule has 0 aliphatic carbocycles. The van der Waals surface area contributed by atoms with Gasteiger partial charge in [-0.1, -0.05) is 17.7 Å². The van der Waals surface area contributed by atoms with E-state index in [0.29, 0.717) is 5.56 Å². The number of hydrogen-bond acceptors (Lipinski definition) is 3. The maximum atomic E-state index is 10.4. The molecule has 0 heterocycles. The minimum Gasteiger partial charge on any atom is -0.508 e. The Bertz CT molecular complexity index is 347. The lowest BCUT2D eigenvalue weighted by Gasteiger charge is -2.00. The van der Waals surface area contributed by atoms with Crippen molar-refractivity contribution in [3.8, 4) is 5.75 Å². The molecule has 0 aromatic heterocycles. The second-order valence-electron chi connectivity index (χ2n) is 2.62. The van der Waals surface area contributed by atoms with Gasteiger partial charge in [0.05, 0.1) is 5.75 Å². The van der Waals surface area contributed by atoms with Crippen molar-refractivity contribution in [3.63, 3.8) is 0 Å². The van der Waals surface area contributed by atoms with Crippen molar-refractivity contribution in [1.29, 1.82) is 0 Å². The SMILES string of the molecule is Cc1ccc(O)c(C[SH](=O)=O)c1. The van der Waals surface area contributed by atoms with Crippen molar-refractivity contribution in [3.05, 3.63) is 29.3 Å². The predicted molar refractivity (Wildman–Crippen MR) is 46.9 cm³/mol. The van der Waals surface area contributed by atoms with Crippen LogP contribution in [0.25, 0.3) is 0 Å². The number of hydrogen-bond donors (Lipinski definition) is 2. The number of aryl methyl sites for hydroxylation is 1. The average molecular weight is 186 g/mol. The van der Waals surface area contributed by atoms with Crippen LogP contribution in [0.5, 0.6) is 5.75 Å². The molecule has 1 aromatic rings. The van der Waals surface area contributed by atoms with Crippen LogP contribution in [0, 0.1) is 6.92 Å². The molecular weight excluding hydrogens is 176 g/mol. The van der Waals surface area contributed by atoms with Gasteiger partial charge in [0.25, 0.3) is 0 Å². The normalized spacial score (nSPS) is 10.5. The Balaban J connectivity index is 3.05. The minimum absolute atomic E-state index is 0.0415. The molecule has 0 aliphatic rings. The molecule has 1 N–H and O–H groups in total. The van der Waals surface area contributed by atoms with Gasteiger partial charge in [-0.05, 0) is 13.0 Å². The molecule has 12 heavy (non-hydrogen) atoms. The van der Waals surface area contributed by atoms with E-state index in [1.54, 1.807) is 12.1 Å². The van der Waals surface area contributed by atoms with E-state index in [-0.39, 0.29) is 11.5 Å². The van der Waals surface area contributed by atoms with E-state index in [9.17, 15) is 13.5 Å². The lowest BCUT2D eigenvalue weighted by molar-refractivity contribution is 0.470. The van der Waals surface area contributed by atoms with E-state index in [4.69, 9.17) is 0 Å². The highest BCUT2D eigenvalue weighted by molar-refractivity contribution is 7.71.